The first kappa shape index (κ1) is 14.8. The predicted octanol–water partition coefficient (Wildman–Crippen LogP) is 2.43. The average molecular weight is 283 g/mol. The van der Waals surface area contributed by atoms with Gasteiger partial charge >= 0.3 is 0 Å². The van der Waals surface area contributed by atoms with Crippen LogP contribution in [0.25, 0.3) is 0 Å². The molecule has 0 radical (unpaired) electrons. The van der Waals surface area contributed by atoms with Crippen molar-refractivity contribution in [1.29, 1.82) is 0 Å². The Hall–Kier alpha value is -0.610. The standard InChI is InChI=1S/C15H23ClN2O/c1-11-6-8-18(10-15(11)19)9-7-14(17)12-4-2-3-5-13(12)16/h2-5,11,14-15,19H,6-10,17H2,1H3. The number of aliphatic hydroxyl groups is 1. The summed E-state index contributed by atoms with van der Waals surface area (Å²) in [7, 11) is 0. The van der Waals surface area contributed by atoms with Crippen LogP contribution in [0.15, 0.2) is 24.3 Å². The second-order valence-corrected chi connectivity index (χ2v) is 5.96. The van der Waals surface area contributed by atoms with Gasteiger partial charge in [-0.25, -0.2) is 0 Å². The Morgan fingerprint density at radius 3 is 2.89 bits per heavy atom. The number of nitrogens with two attached hydrogens (primary N) is 1. The molecule has 3 N–H and O–H groups in total. The lowest BCUT2D eigenvalue weighted by Gasteiger charge is -2.34. The van der Waals surface area contributed by atoms with E-state index in [0.717, 1.165) is 43.1 Å². The van der Waals surface area contributed by atoms with Crippen LogP contribution in [-0.2, 0) is 0 Å². The average Bonchev–Trinajstić information content (AvgIpc) is 2.40. The maximum absolute atomic E-state index is 9.88. The van der Waals surface area contributed by atoms with Crippen molar-refractivity contribution in [3.63, 3.8) is 0 Å². The van der Waals surface area contributed by atoms with Gasteiger partial charge in [0.25, 0.3) is 0 Å². The maximum atomic E-state index is 9.88. The molecule has 3 nitrogen and oxygen atoms in total. The molecule has 1 aromatic carbocycles. The molecule has 19 heavy (non-hydrogen) atoms. The quantitative estimate of drug-likeness (QED) is 0.892. The molecule has 0 aromatic heterocycles. The molecule has 1 aliphatic heterocycles. The van der Waals surface area contributed by atoms with Gasteiger partial charge in [0.15, 0.2) is 0 Å². The van der Waals surface area contributed by atoms with Gasteiger partial charge in [0.1, 0.15) is 0 Å². The molecule has 1 aliphatic rings. The molecule has 0 spiro atoms. The van der Waals surface area contributed by atoms with Crippen LogP contribution < -0.4 is 5.73 Å². The minimum absolute atomic E-state index is 0.0369. The Bertz CT molecular complexity index is 413. The van der Waals surface area contributed by atoms with Gasteiger partial charge in [-0.1, -0.05) is 36.7 Å². The predicted molar refractivity (Wildman–Crippen MR) is 79.2 cm³/mol. The van der Waals surface area contributed by atoms with E-state index in [-0.39, 0.29) is 12.1 Å². The van der Waals surface area contributed by atoms with Crippen molar-refractivity contribution in [3.05, 3.63) is 34.9 Å². The molecule has 106 valence electrons. The van der Waals surface area contributed by atoms with Crippen LogP contribution in [0, 0.1) is 5.92 Å². The van der Waals surface area contributed by atoms with E-state index in [1.54, 1.807) is 0 Å². The van der Waals surface area contributed by atoms with E-state index in [1.807, 2.05) is 24.3 Å². The Kier molecular flexibility index (Phi) is 5.22. The first-order chi connectivity index (χ1) is 9.08. The summed E-state index contributed by atoms with van der Waals surface area (Å²) in [6.07, 6.45) is 1.72. The van der Waals surface area contributed by atoms with Crippen LogP contribution >= 0.6 is 11.6 Å². The number of likely N-dealkylation sites (tertiary alicyclic amines) is 1. The summed E-state index contributed by atoms with van der Waals surface area (Å²) in [4.78, 5) is 2.29. The summed E-state index contributed by atoms with van der Waals surface area (Å²) in [5, 5.41) is 10.6. The lowest BCUT2D eigenvalue weighted by molar-refractivity contribution is 0.0282. The van der Waals surface area contributed by atoms with Gasteiger partial charge in [-0.05, 0) is 36.9 Å². The van der Waals surface area contributed by atoms with Crippen molar-refractivity contribution in [3.8, 4) is 0 Å². The van der Waals surface area contributed by atoms with Crippen LogP contribution in [0.1, 0.15) is 31.4 Å². The van der Waals surface area contributed by atoms with Crippen LogP contribution in [0.5, 0.6) is 0 Å². The van der Waals surface area contributed by atoms with Gasteiger partial charge in [-0.3, -0.25) is 0 Å². The molecule has 3 atom stereocenters. The SMILES string of the molecule is CC1CCN(CCC(N)c2ccccc2Cl)CC1O. The molecule has 2 rings (SSSR count). The third kappa shape index (κ3) is 3.93. The number of β-amino-alcohol motifs (C(OH)–C–C–N with tert-alkyl or cyclic N) is 1. The fraction of sp³-hybridized carbons (Fsp3) is 0.600. The zero-order valence-corrected chi connectivity index (χ0v) is 12.2. The highest BCUT2D eigenvalue weighted by atomic mass is 35.5. The minimum Gasteiger partial charge on any atom is -0.392 e. The zero-order chi connectivity index (χ0) is 13.8. The van der Waals surface area contributed by atoms with E-state index in [2.05, 4.69) is 11.8 Å². The van der Waals surface area contributed by atoms with E-state index < -0.39 is 0 Å². The normalized spacial score (nSPS) is 26.3. The third-order valence-electron chi connectivity index (χ3n) is 4.06. The lowest BCUT2D eigenvalue weighted by Crippen LogP contribution is -2.43. The third-order valence-corrected chi connectivity index (χ3v) is 4.41. The number of halogens is 1. The molecule has 4 heteroatoms. The molecule has 0 amide bonds. The summed E-state index contributed by atoms with van der Waals surface area (Å²) >= 11 is 6.15. The van der Waals surface area contributed by atoms with Gasteiger partial charge in [0.2, 0.25) is 0 Å². The Morgan fingerprint density at radius 1 is 1.47 bits per heavy atom. The number of benzene rings is 1. The summed E-state index contributed by atoms with van der Waals surface area (Å²) in [6, 6.07) is 7.71. The number of nitrogens with zero attached hydrogens (tertiary/aromatic N) is 1. The smallest absolute Gasteiger partial charge is 0.0693 e. The Balaban J connectivity index is 1.84. The van der Waals surface area contributed by atoms with Crippen molar-refractivity contribution >= 4 is 11.6 Å². The molecule has 1 fully saturated rings. The number of hydrogen-bond acceptors (Lipinski definition) is 3. The van der Waals surface area contributed by atoms with Crippen molar-refractivity contribution in [2.45, 2.75) is 31.9 Å². The van der Waals surface area contributed by atoms with Gasteiger partial charge < -0.3 is 15.7 Å². The van der Waals surface area contributed by atoms with Gasteiger partial charge in [-0.15, -0.1) is 0 Å². The van der Waals surface area contributed by atoms with Crippen molar-refractivity contribution in [2.75, 3.05) is 19.6 Å². The topological polar surface area (TPSA) is 49.5 Å². The number of hydrogen-bond donors (Lipinski definition) is 2. The zero-order valence-electron chi connectivity index (χ0n) is 11.4. The molecule has 0 aliphatic carbocycles. The Morgan fingerprint density at radius 2 is 2.21 bits per heavy atom. The van der Waals surface area contributed by atoms with Crippen molar-refractivity contribution in [2.24, 2.45) is 11.7 Å². The highest BCUT2D eigenvalue weighted by Crippen LogP contribution is 2.24. The van der Waals surface area contributed by atoms with Crippen molar-refractivity contribution < 1.29 is 5.11 Å². The highest BCUT2D eigenvalue weighted by Gasteiger charge is 2.24. The first-order valence-electron chi connectivity index (χ1n) is 6.98. The van der Waals surface area contributed by atoms with Gasteiger partial charge in [0.05, 0.1) is 6.10 Å². The van der Waals surface area contributed by atoms with Crippen molar-refractivity contribution in [1.82, 2.24) is 4.90 Å². The molecule has 1 heterocycles. The molecule has 3 unspecified atom stereocenters. The summed E-state index contributed by atoms with van der Waals surface area (Å²) < 4.78 is 0. The number of aliphatic hydroxyl groups excluding tert-OH is 1. The molecule has 1 saturated heterocycles. The summed E-state index contributed by atoms with van der Waals surface area (Å²) in [6.45, 7) is 4.83. The van der Waals surface area contributed by atoms with E-state index >= 15 is 0 Å². The number of piperidine rings is 1. The highest BCUT2D eigenvalue weighted by molar-refractivity contribution is 6.31. The molecule has 0 bridgehead atoms. The van der Waals surface area contributed by atoms with Crippen LogP contribution in [0.3, 0.4) is 0 Å². The van der Waals surface area contributed by atoms with Gasteiger partial charge in [-0.2, -0.15) is 0 Å². The molecule has 1 aromatic rings. The lowest BCUT2D eigenvalue weighted by atomic mass is 9.95. The van der Waals surface area contributed by atoms with E-state index in [1.165, 1.54) is 0 Å². The maximum Gasteiger partial charge on any atom is 0.0693 e. The van der Waals surface area contributed by atoms with Crippen LogP contribution in [0.2, 0.25) is 5.02 Å². The second-order valence-electron chi connectivity index (χ2n) is 5.55. The monoisotopic (exact) mass is 282 g/mol. The van der Waals surface area contributed by atoms with Crippen LogP contribution in [-0.4, -0.2) is 35.7 Å². The summed E-state index contributed by atoms with van der Waals surface area (Å²) in [5.74, 6) is 0.411. The largest absolute Gasteiger partial charge is 0.392 e. The molecular formula is C15H23ClN2O. The fourth-order valence-electron chi connectivity index (χ4n) is 2.57. The molecule has 0 saturated carbocycles. The molecular weight excluding hydrogens is 260 g/mol. The van der Waals surface area contributed by atoms with Gasteiger partial charge in [0, 0.05) is 24.2 Å². The second kappa shape index (κ2) is 6.71. The fourth-order valence-corrected chi connectivity index (χ4v) is 2.85. The van der Waals surface area contributed by atoms with Crippen LogP contribution in [0.4, 0.5) is 0 Å². The summed E-state index contributed by atoms with van der Waals surface area (Å²) in [5.41, 5.74) is 7.21. The first-order valence-corrected chi connectivity index (χ1v) is 7.36. The minimum atomic E-state index is -0.203. The number of rotatable bonds is 4. The van der Waals surface area contributed by atoms with E-state index in [0.29, 0.717) is 5.92 Å². The van der Waals surface area contributed by atoms with E-state index in [9.17, 15) is 5.11 Å². The van der Waals surface area contributed by atoms with E-state index in [4.69, 9.17) is 17.3 Å². The Labute approximate surface area is 120 Å².